The van der Waals surface area contributed by atoms with E-state index in [1.54, 1.807) is 0 Å². The molecular weight excluding hydrogens is 187 g/mol. The second-order valence-corrected chi connectivity index (χ2v) is 1.78. The Labute approximate surface area is 104 Å². The molecule has 2 nitrogen and oxygen atoms in total. The molecule has 1 N–H and O–H groups in total. The molecule has 0 saturated carbocycles. The molecule has 0 aromatic rings. The first-order chi connectivity index (χ1) is 4.33. The van der Waals surface area contributed by atoms with Crippen LogP contribution in [0.5, 0.6) is 0 Å². The third kappa shape index (κ3) is 8.61. The van der Waals surface area contributed by atoms with Crippen molar-refractivity contribution >= 4 is 12.9 Å². The summed E-state index contributed by atoms with van der Waals surface area (Å²) in [5, 5.41) is 7.99. The minimum atomic E-state index is -5.12. The topological polar surface area (TPSA) is 37.3 Å². The van der Waals surface area contributed by atoms with E-state index in [-0.39, 0.29) is 57.4 Å². The fourth-order valence-electron chi connectivity index (χ4n) is 0.355. The average Bonchev–Trinajstić information content (AvgIpc) is 1.60. The van der Waals surface area contributed by atoms with Gasteiger partial charge in [0.15, 0.2) is 0 Å². The van der Waals surface area contributed by atoms with E-state index >= 15 is 0 Å². The number of halogens is 3. The molecule has 0 aliphatic carbocycles. The molecule has 0 fully saturated rings. The Morgan fingerprint density at radius 2 is 1.82 bits per heavy atom. The van der Waals surface area contributed by atoms with Gasteiger partial charge in [-0.2, -0.15) is 0 Å². The number of carboxylic acid groups (broad SMARTS) is 1. The van der Waals surface area contributed by atoms with E-state index in [1.165, 1.54) is 0 Å². The van der Waals surface area contributed by atoms with Gasteiger partial charge in [0.05, 0.1) is 0 Å². The van der Waals surface area contributed by atoms with E-state index in [1.807, 2.05) is 0 Å². The summed E-state index contributed by atoms with van der Waals surface area (Å²) in [6, 6.07) is 0. The van der Waals surface area contributed by atoms with Crippen LogP contribution in [0.15, 0.2) is 11.5 Å². The van der Waals surface area contributed by atoms with Gasteiger partial charge >= 0.3 is 64.3 Å². The largest absolute Gasteiger partial charge is 1.00 e. The van der Waals surface area contributed by atoms with Crippen molar-refractivity contribution in [3.63, 3.8) is 0 Å². The maximum atomic E-state index is 11.4. The monoisotopic (exact) mass is 192 g/mol. The molecule has 0 atom stereocenters. The summed E-state index contributed by atoms with van der Waals surface area (Å²) in [5.74, 6) is -1.73. The van der Waals surface area contributed by atoms with Crippen LogP contribution < -0.4 is 51.4 Å². The van der Waals surface area contributed by atoms with E-state index < -0.39 is 18.5 Å². The molecule has 0 unspecified atom stereocenters. The van der Waals surface area contributed by atoms with Gasteiger partial charge in [-0.25, -0.2) is 4.79 Å². The standard InChI is InChI=1S/C4H5BF3O2.K/c1-3(4(9)10)2-5(6,7)8;/h2H,1H3,(H,9,10);/q-1;+1/b3-2+;. The van der Waals surface area contributed by atoms with Crippen LogP contribution in [-0.2, 0) is 4.79 Å². The third-order valence-electron chi connectivity index (χ3n) is 0.776. The van der Waals surface area contributed by atoms with Crippen molar-refractivity contribution in [1.82, 2.24) is 0 Å². The second kappa shape index (κ2) is 5.37. The first-order valence-corrected chi connectivity index (χ1v) is 2.45. The second-order valence-electron chi connectivity index (χ2n) is 1.78. The number of rotatable bonds is 2. The molecule has 0 radical (unpaired) electrons. The van der Waals surface area contributed by atoms with E-state index in [2.05, 4.69) is 0 Å². The van der Waals surface area contributed by atoms with Crippen LogP contribution in [0, 0.1) is 0 Å². The Morgan fingerprint density at radius 3 is 1.91 bits per heavy atom. The van der Waals surface area contributed by atoms with Crippen LogP contribution in [-0.4, -0.2) is 18.1 Å². The van der Waals surface area contributed by atoms with Gasteiger partial charge < -0.3 is 18.1 Å². The number of carboxylic acids is 1. The molecule has 0 amide bonds. The fraction of sp³-hybridized carbons (Fsp3) is 0.250. The Bertz CT molecular complexity index is 177. The summed E-state index contributed by atoms with van der Waals surface area (Å²) in [4.78, 5) is 9.82. The fourth-order valence-corrected chi connectivity index (χ4v) is 0.355. The zero-order chi connectivity index (χ0) is 8.36. The van der Waals surface area contributed by atoms with Crippen LogP contribution >= 0.6 is 0 Å². The summed E-state index contributed by atoms with van der Waals surface area (Å²) in [7, 11) is 0. The summed E-state index contributed by atoms with van der Waals surface area (Å²) in [5.41, 5.74) is -0.687. The van der Waals surface area contributed by atoms with Gasteiger partial charge in [0.1, 0.15) is 0 Å². The molecule has 0 aromatic heterocycles. The van der Waals surface area contributed by atoms with Gasteiger partial charge in [-0.1, -0.05) is 0 Å². The normalized spacial score (nSPS) is 12.2. The number of aliphatic carboxylic acids is 1. The number of hydrogen-bond donors (Lipinski definition) is 1. The van der Waals surface area contributed by atoms with Crippen molar-refractivity contribution < 1.29 is 74.2 Å². The molecular formula is C4H5BF3KO2. The van der Waals surface area contributed by atoms with Gasteiger partial charge in [-0.3, -0.25) is 0 Å². The van der Waals surface area contributed by atoms with Crippen LogP contribution in [0.3, 0.4) is 0 Å². The van der Waals surface area contributed by atoms with Crippen LogP contribution in [0.4, 0.5) is 12.9 Å². The molecule has 0 spiro atoms. The Morgan fingerprint density at radius 1 is 1.45 bits per heavy atom. The quantitative estimate of drug-likeness (QED) is 0.423. The molecule has 0 saturated heterocycles. The SMILES string of the molecule is C/C(=C\[B-](F)(F)F)C(=O)O.[K+]. The number of hydrogen-bond acceptors (Lipinski definition) is 1. The molecule has 0 heterocycles. The van der Waals surface area contributed by atoms with E-state index in [9.17, 15) is 17.7 Å². The Hall–Kier alpha value is 0.701. The van der Waals surface area contributed by atoms with E-state index in [4.69, 9.17) is 5.11 Å². The summed E-state index contributed by atoms with van der Waals surface area (Å²) in [6.07, 6.45) is 0. The van der Waals surface area contributed by atoms with Gasteiger partial charge in [0.25, 0.3) is 0 Å². The third-order valence-corrected chi connectivity index (χ3v) is 0.776. The van der Waals surface area contributed by atoms with E-state index in [0.717, 1.165) is 6.92 Å². The van der Waals surface area contributed by atoms with Crippen molar-refractivity contribution in [2.45, 2.75) is 6.92 Å². The van der Waals surface area contributed by atoms with Crippen molar-refractivity contribution in [3.05, 3.63) is 11.5 Å². The Kier molecular flexibility index (Phi) is 6.94. The molecule has 0 aromatic carbocycles. The average molecular weight is 192 g/mol. The van der Waals surface area contributed by atoms with Gasteiger partial charge in [-0.15, -0.1) is 5.98 Å². The molecule has 0 aliphatic heterocycles. The molecule has 58 valence electrons. The maximum absolute atomic E-state index is 11.4. The smallest absolute Gasteiger partial charge is 0.478 e. The van der Waals surface area contributed by atoms with Gasteiger partial charge in [0, 0.05) is 5.57 Å². The summed E-state index contributed by atoms with van der Waals surface area (Å²) >= 11 is 0. The minimum Gasteiger partial charge on any atom is -0.478 e. The maximum Gasteiger partial charge on any atom is 1.00 e. The zero-order valence-electron chi connectivity index (χ0n) is 6.14. The summed E-state index contributed by atoms with van der Waals surface area (Å²) < 4.78 is 34.2. The first kappa shape index (κ1) is 14.2. The predicted octanol–water partition coefficient (Wildman–Crippen LogP) is -1.59. The first-order valence-electron chi connectivity index (χ1n) is 2.45. The number of carbonyl (C=O) groups is 1. The molecule has 7 heteroatoms. The molecule has 0 rings (SSSR count). The van der Waals surface area contributed by atoms with E-state index in [0.29, 0.717) is 0 Å². The van der Waals surface area contributed by atoms with Gasteiger partial charge in [0.2, 0.25) is 0 Å². The van der Waals surface area contributed by atoms with Gasteiger partial charge in [-0.05, 0) is 6.92 Å². The molecule has 0 aliphatic rings. The molecule has 11 heavy (non-hydrogen) atoms. The zero-order valence-corrected chi connectivity index (χ0v) is 9.27. The summed E-state index contributed by atoms with van der Waals surface area (Å²) in [6.45, 7) is -4.22. The van der Waals surface area contributed by atoms with Crippen molar-refractivity contribution in [2.24, 2.45) is 0 Å². The predicted molar refractivity (Wildman–Crippen MR) is 30.5 cm³/mol. The van der Waals surface area contributed by atoms with Crippen molar-refractivity contribution in [1.29, 1.82) is 0 Å². The van der Waals surface area contributed by atoms with Crippen LogP contribution in [0.25, 0.3) is 0 Å². The Balaban J connectivity index is 0. The van der Waals surface area contributed by atoms with Crippen LogP contribution in [0.1, 0.15) is 6.92 Å². The minimum absolute atomic E-state index is 0. The van der Waals surface area contributed by atoms with Crippen LogP contribution in [0.2, 0.25) is 0 Å². The van der Waals surface area contributed by atoms with Crippen molar-refractivity contribution in [3.8, 4) is 0 Å². The van der Waals surface area contributed by atoms with Crippen molar-refractivity contribution in [2.75, 3.05) is 0 Å². The molecule has 0 bridgehead atoms.